The molecule has 0 aliphatic carbocycles. The third-order valence-electron chi connectivity index (χ3n) is 5.32. The summed E-state index contributed by atoms with van der Waals surface area (Å²) in [6, 6.07) is 7.70. The van der Waals surface area contributed by atoms with E-state index in [1.165, 1.54) is 11.8 Å². The number of nitrogens with one attached hydrogen (secondary N) is 2. The van der Waals surface area contributed by atoms with Crippen molar-refractivity contribution in [1.82, 2.24) is 9.78 Å². The second-order valence-electron chi connectivity index (χ2n) is 7.81. The molecule has 0 unspecified atom stereocenters. The minimum absolute atomic E-state index is 0.0573. The van der Waals surface area contributed by atoms with Crippen LogP contribution >= 0.6 is 11.8 Å². The van der Waals surface area contributed by atoms with Gasteiger partial charge in [0.1, 0.15) is 11.6 Å². The largest absolute Gasteiger partial charge is 0.496 e. The number of anilines is 1. The molecule has 4 rings (SSSR count). The first kappa shape index (κ1) is 19.1. The monoisotopic (exact) mass is 403 g/mol. The Balaban J connectivity index is 1.83. The lowest BCUT2D eigenvalue weighted by atomic mass is 9.94. The van der Waals surface area contributed by atoms with E-state index in [4.69, 9.17) is 9.47 Å². The number of hydrogen-bond donors (Lipinski definition) is 2. The minimum atomic E-state index is -0.289. The normalized spacial score (nSPS) is 24.2. The van der Waals surface area contributed by atoms with Crippen molar-refractivity contribution in [1.29, 1.82) is 0 Å². The fourth-order valence-corrected chi connectivity index (χ4v) is 5.22. The van der Waals surface area contributed by atoms with E-state index in [0.29, 0.717) is 23.7 Å². The van der Waals surface area contributed by atoms with Crippen LogP contribution in [0.2, 0.25) is 0 Å². The number of aromatic amines is 1. The van der Waals surface area contributed by atoms with Gasteiger partial charge in [-0.2, -0.15) is 0 Å². The minimum Gasteiger partial charge on any atom is -0.496 e. The maximum Gasteiger partial charge on any atom is 0.270 e. The van der Waals surface area contributed by atoms with Crippen LogP contribution in [0.5, 0.6) is 5.75 Å². The van der Waals surface area contributed by atoms with E-state index in [9.17, 15) is 9.59 Å². The predicted octanol–water partition coefficient (Wildman–Crippen LogP) is 3.09. The smallest absolute Gasteiger partial charge is 0.270 e. The van der Waals surface area contributed by atoms with Crippen LogP contribution in [0.15, 0.2) is 29.1 Å². The van der Waals surface area contributed by atoms with E-state index in [-0.39, 0.29) is 34.1 Å². The van der Waals surface area contributed by atoms with Gasteiger partial charge in [-0.15, -0.1) is 11.8 Å². The fraction of sp³-hybridized carbons (Fsp3) is 0.500. The van der Waals surface area contributed by atoms with Crippen molar-refractivity contribution in [2.45, 2.75) is 43.6 Å². The highest BCUT2D eigenvalue weighted by molar-refractivity contribution is 8.00. The van der Waals surface area contributed by atoms with Crippen LogP contribution in [0.4, 0.5) is 5.82 Å². The Kier molecular flexibility index (Phi) is 5.01. The lowest BCUT2D eigenvalue weighted by Gasteiger charge is -2.36. The van der Waals surface area contributed by atoms with Crippen molar-refractivity contribution in [3.63, 3.8) is 0 Å². The Morgan fingerprint density at radius 2 is 2.07 bits per heavy atom. The van der Waals surface area contributed by atoms with Crippen molar-refractivity contribution < 1.29 is 14.3 Å². The summed E-state index contributed by atoms with van der Waals surface area (Å²) in [5.74, 6) is 1.44. The molecule has 1 aromatic heterocycles. The first-order valence-electron chi connectivity index (χ1n) is 9.42. The molecular formula is C20H25N3O4S. The van der Waals surface area contributed by atoms with E-state index in [1.54, 1.807) is 7.11 Å². The zero-order valence-electron chi connectivity index (χ0n) is 16.3. The Morgan fingerprint density at radius 1 is 1.29 bits per heavy atom. The third kappa shape index (κ3) is 3.46. The second-order valence-corrected chi connectivity index (χ2v) is 8.90. The standard InChI is InChI=1S/C20H25N3O4S/c1-20(2)10-12(8-9-27-20)23-18-16(19(25)22-23)17(28-11-15(24)21-18)13-6-4-5-7-14(13)26-3/h4-7,12,17H,8-11H2,1-3H3,(H,21,24)(H,22,25)/t12-,17+/m1/s1. The number of fused-ring (bicyclic) bond motifs is 1. The van der Waals surface area contributed by atoms with Gasteiger partial charge in [0, 0.05) is 12.2 Å². The molecule has 7 nitrogen and oxygen atoms in total. The zero-order valence-corrected chi connectivity index (χ0v) is 17.1. The van der Waals surface area contributed by atoms with Crippen LogP contribution in [0.1, 0.15) is 49.1 Å². The molecule has 1 saturated heterocycles. The van der Waals surface area contributed by atoms with Gasteiger partial charge in [-0.25, -0.2) is 0 Å². The van der Waals surface area contributed by atoms with Crippen LogP contribution in [-0.4, -0.2) is 40.8 Å². The van der Waals surface area contributed by atoms with Crippen molar-refractivity contribution >= 4 is 23.5 Å². The first-order valence-corrected chi connectivity index (χ1v) is 10.5. The van der Waals surface area contributed by atoms with E-state index in [0.717, 1.165) is 18.4 Å². The number of benzene rings is 1. The van der Waals surface area contributed by atoms with Crippen LogP contribution in [-0.2, 0) is 9.53 Å². The van der Waals surface area contributed by atoms with Crippen LogP contribution in [0.25, 0.3) is 0 Å². The highest BCUT2D eigenvalue weighted by atomic mass is 32.2. The molecule has 2 aliphatic rings. The van der Waals surface area contributed by atoms with E-state index in [1.807, 2.05) is 42.8 Å². The van der Waals surface area contributed by atoms with Crippen LogP contribution in [0.3, 0.4) is 0 Å². The predicted molar refractivity (Wildman–Crippen MR) is 109 cm³/mol. The summed E-state index contributed by atoms with van der Waals surface area (Å²) in [5.41, 5.74) is 1.01. The quantitative estimate of drug-likeness (QED) is 0.823. The number of ether oxygens (including phenoxy) is 2. The number of amides is 1. The molecule has 1 amide bonds. The maximum absolute atomic E-state index is 13.0. The number of para-hydroxylation sites is 1. The van der Waals surface area contributed by atoms with Gasteiger partial charge in [-0.1, -0.05) is 18.2 Å². The summed E-state index contributed by atoms with van der Waals surface area (Å²) < 4.78 is 13.2. The summed E-state index contributed by atoms with van der Waals surface area (Å²) in [5, 5.41) is 5.66. The number of nitrogens with zero attached hydrogens (tertiary/aromatic N) is 1. The molecule has 0 saturated carbocycles. The van der Waals surface area contributed by atoms with Crippen LogP contribution < -0.4 is 15.6 Å². The Hall–Kier alpha value is -2.19. The number of thioether (sulfide) groups is 1. The van der Waals surface area contributed by atoms with E-state index in [2.05, 4.69) is 10.4 Å². The van der Waals surface area contributed by atoms with Crippen LogP contribution in [0, 0.1) is 0 Å². The lowest BCUT2D eigenvalue weighted by molar-refractivity contribution is -0.113. The summed E-state index contributed by atoms with van der Waals surface area (Å²) >= 11 is 1.44. The molecular weight excluding hydrogens is 378 g/mol. The highest BCUT2D eigenvalue weighted by Gasteiger charge is 2.36. The van der Waals surface area contributed by atoms with Gasteiger partial charge in [0.15, 0.2) is 0 Å². The highest BCUT2D eigenvalue weighted by Crippen LogP contribution is 2.44. The number of carbonyl (C=O) groups excluding carboxylic acids is 1. The molecule has 2 N–H and O–H groups in total. The molecule has 1 fully saturated rings. The number of H-pyrrole nitrogens is 1. The van der Waals surface area contributed by atoms with E-state index < -0.39 is 0 Å². The average Bonchev–Trinajstić information content (AvgIpc) is 2.87. The number of aromatic nitrogens is 2. The molecule has 3 heterocycles. The van der Waals surface area contributed by atoms with Gasteiger partial charge in [0.2, 0.25) is 5.91 Å². The Labute approximate surface area is 167 Å². The molecule has 2 aliphatic heterocycles. The molecule has 150 valence electrons. The molecule has 0 spiro atoms. The van der Waals surface area contributed by atoms with Gasteiger partial charge in [-0.05, 0) is 32.8 Å². The zero-order chi connectivity index (χ0) is 19.9. The topological polar surface area (TPSA) is 85.4 Å². The first-order chi connectivity index (χ1) is 13.4. The second kappa shape index (κ2) is 7.33. The number of carbonyl (C=O) groups is 1. The van der Waals surface area contributed by atoms with Gasteiger partial charge in [0.25, 0.3) is 5.56 Å². The van der Waals surface area contributed by atoms with Crippen molar-refractivity contribution in [2.24, 2.45) is 0 Å². The summed E-state index contributed by atoms with van der Waals surface area (Å²) in [6.07, 6.45) is 1.54. The van der Waals surface area contributed by atoms with Gasteiger partial charge >= 0.3 is 0 Å². The molecule has 0 radical (unpaired) electrons. The number of rotatable bonds is 3. The van der Waals surface area contributed by atoms with Crippen molar-refractivity contribution in [3.05, 3.63) is 45.7 Å². The number of hydrogen-bond acceptors (Lipinski definition) is 5. The average molecular weight is 404 g/mol. The number of methoxy groups -OCH3 is 1. The van der Waals surface area contributed by atoms with Gasteiger partial charge in [0.05, 0.1) is 35.3 Å². The van der Waals surface area contributed by atoms with Gasteiger partial charge < -0.3 is 14.8 Å². The van der Waals surface area contributed by atoms with E-state index >= 15 is 0 Å². The van der Waals surface area contributed by atoms with Crippen molar-refractivity contribution in [3.8, 4) is 5.75 Å². The summed E-state index contributed by atoms with van der Waals surface area (Å²) in [6.45, 7) is 4.71. The maximum atomic E-state index is 13.0. The summed E-state index contributed by atoms with van der Waals surface area (Å²) in [7, 11) is 1.62. The van der Waals surface area contributed by atoms with Gasteiger partial charge in [-0.3, -0.25) is 19.4 Å². The molecule has 0 bridgehead atoms. The third-order valence-corrected chi connectivity index (χ3v) is 6.57. The molecule has 28 heavy (non-hydrogen) atoms. The molecule has 1 aromatic carbocycles. The molecule has 8 heteroatoms. The fourth-order valence-electron chi connectivity index (χ4n) is 4.07. The Bertz CT molecular complexity index is 949. The molecule has 2 atom stereocenters. The Morgan fingerprint density at radius 3 is 2.82 bits per heavy atom. The SMILES string of the molecule is COc1ccccc1[C@@H]1SCC(=O)Nc2c1c(=O)[nH]n2[C@@H]1CCOC(C)(C)C1. The lowest BCUT2D eigenvalue weighted by Crippen LogP contribution is -2.36. The molecule has 2 aromatic rings. The summed E-state index contributed by atoms with van der Waals surface area (Å²) in [4.78, 5) is 25.5. The van der Waals surface area contributed by atoms with Crippen molar-refractivity contribution in [2.75, 3.05) is 24.8 Å².